The number of piperidine rings is 1. The largest absolute Gasteiger partial charge is 0.491 e. The number of carbonyl (C=O) groups is 1. The van der Waals surface area contributed by atoms with Crippen LogP contribution in [0, 0.1) is 17.6 Å². The van der Waals surface area contributed by atoms with Gasteiger partial charge in [0.25, 0.3) is 0 Å². The zero-order chi connectivity index (χ0) is 16.5. The third kappa shape index (κ3) is 7.45. The molecule has 0 aromatic heterocycles. The summed E-state index contributed by atoms with van der Waals surface area (Å²) in [6.45, 7) is 3.05. The third-order valence-corrected chi connectivity index (χ3v) is 3.97. The fourth-order valence-electron chi connectivity index (χ4n) is 2.68. The minimum absolute atomic E-state index is 0. The normalized spacial score (nSPS) is 17.0. The van der Waals surface area contributed by atoms with Crippen LogP contribution in [0.15, 0.2) is 18.2 Å². The van der Waals surface area contributed by atoms with Gasteiger partial charge in [0.1, 0.15) is 5.82 Å². The molecule has 0 aliphatic carbocycles. The molecule has 7 heteroatoms. The van der Waals surface area contributed by atoms with E-state index in [1.807, 2.05) is 0 Å². The molecule has 1 aromatic rings. The molecule has 1 unspecified atom stereocenters. The molecule has 2 N–H and O–H groups in total. The number of carbonyl (C=O) groups excluding carboxylic acids is 1. The second-order valence-corrected chi connectivity index (χ2v) is 5.88. The van der Waals surface area contributed by atoms with Gasteiger partial charge in [-0.1, -0.05) is 0 Å². The van der Waals surface area contributed by atoms with Gasteiger partial charge in [-0.15, -0.1) is 12.4 Å². The standard InChI is InChI=1S/C17H24F2N2O2.ClH/c18-14-5-6-16(15(19)11-14)23-10-2-4-17(22)21-9-7-13-3-1-8-20-12-13;/h5-6,11,13,20H,1-4,7-10,12H2,(H,21,22);1H. The maximum atomic E-state index is 13.3. The number of rotatable bonds is 8. The maximum Gasteiger partial charge on any atom is 0.220 e. The molecule has 136 valence electrons. The van der Waals surface area contributed by atoms with Crippen molar-refractivity contribution in [3.05, 3.63) is 29.8 Å². The first-order valence-corrected chi connectivity index (χ1v) is 8.20. The van der Waals surface area contributed by atoms with E-state index in [2.05, 4.69) is 10.6 Å². The van der Waals surface area contributed by atoms with Gasteiger partial charge in [0.05, 0.1) is 6.61 Å². The van der Waals surface area contributed by atoms with E-state index in [0.717, 1.165) is 31.6 Å². The number of amides is 1. The van der Waals surface area contributed by atoms with E-state index >= 15 is 0 Å². The number of hydrogen-bond acceptors (Lipinski definition) is 3. The second kappa shape index (κ2) is 11.2. The van der Waals surface area contributed by atoms with Gasteiger partial charge in [0, 0.05) is 19.0 Å². The van der Waals surface area contributed by atoms with Crippen molar-refractivity contribution in [3.63, 3.8) is 0 Å². The van der Waals surface area contributed by atoms with Gasteiger partial charge in [0.2, 0.25) is 5.91 Å². The molecule has 2 rings (SSSR count). The van der Waals surface area contributed by atoms with Crippen LogP contribution in [-0.4, -0.2) is 32.1 Å². The van der Waals surface area contributed by atoms with E-state index in [9.17, 15) is 13.6 Å². The fourth-order valence-corrected chi connectivity index (χ4v) is 2.68. The highest BCUT2D eigenvalue weighted by molar-refractivity contribution is 5.85. The predicted octanol–water partition coefficient (Wildman–Crippen LogP) is 3.05. The number of ether oxygens (including phenoxy) is 1. The van der Waals surface area contributed by atoms with Crippen LogP contribution in [0.25, 0.3) is 0 Å². The summed E-state index contributed by atoms with van der Waals surface area (Å²) < 4.78 is 31.3. The lowest BCUT2D eigenvalue weighted by atomic mass is 9.96. The Morgan fingerprint density at radius 1 is 1.38 bits per heavy atom. The summed E-state index contributed by atoms with van der Waals surface area (Å²) in [7, 11) is 0. The number of nitrogens with one attached hydrogen (secondary N) is 2. The van der Waals surface area contributed by atoms with Crippen LogP contribution in [0.1, 0.15) is 32.1 Å². The Morgan fingerprint density at radius 3 is 2.92 bits per heavy atom. The Hall–Kier alpha value is -1.40. The monoisotopic (exact) mass is 362 g/mol. The average Bonchev–Trinajstić information content (AvgIpc) is 2.54. The molecule has 0 spiro atoms. The van der Waals surface area contributed by atoms with Crippen molar-refractivity contribution < 1.29 is 18.3 Å². The highest BCUT2D eigenvalue weighted by Crippen LogP contribution is 2.17. The second-order valence-electron chi connectivity index (χ2n) is 5.88. The molecular formula is C17H25ClF2N2O2. The van der Waals surface area contributed by atoms with Gasteiger partial charge in [0.15, 0.2) is 11.6 Å². The van der Waals surface area contributed by atoms with Gasteiger partial charge in [-0.25, -0.2) is 8.78 Å². The molecule has 1 aromatic carbocycles. The molecule has 0 bridgehead atoms. The van der Waals surface area contributed by atoms with Crippen molar-refractivity contribution >= 4 is 18.3 Å². The molecule has 1 amide bonds. The first-order valence-electron chi connectivity index (χ1n) is 8.20. The molecular weight excluding hydrogens is 338 g/mol. The molecule has 4 nitrogen and oxygen atoms in total. The summed E-state index contributed by atoms with van der Waals surface area (Å²) in [5.41, 5.74) is 0. The summed E-state index contributed by atoms with van der Waals surface area (Å²) in [6.07, 6.45) is 4.26. The highest BCUT2D eigenvalue weighted by atomic mass is 35.5. The Morgan fingerprint density at radius 2 is 2.21 bits per heavy atom. The van der Waals surface area contributed by atoms with E-state index < -0.39 is 11.6 Å². The third-order valence-electron chi connectivity index (χ3n) is 3.97. The predicted molar refractivity (Wildman–Crippen MR) is 91.6 cm³/mol. The molecule has 1 atom stereocenters. The van der Waals surface area contributed by atoms with Gasteiger partial charge >= 0.3 is 0 Å². The Balaban J connectivity index is 0.00000288. The van der Waals surface area contributed by atoms with E-state index in [1.54, 1.807) is 0 Å². The van der Waals surface area contributed by atoms with E-state index in [1.165, 1.54) is 18.9 Å². The lowest BCUT2D eigenvalue weighted by Crippen LogP contribution is -2.33. The zero-order valence-corrected chi connectivity index (χ0v) is 14.5. The van der Waals surface area contributed by atoms with E-state index in [-0.39, 0.29) is 30.7 Å². The minimum Gasteiger partial charge on any atom is -0.491 e. The minimum atomic E-state index is -0.726. The van der Waals surface area contributed by atoms with Crippen molar-refractivity contribution in [2.75, 3.05) is 26.2 Å². The lowest BCUT2D eigenvalue weighted by molar-refractivity contribution is -0.121. The van der Waals surface area contributed by atoms with Crippen molar-refractivity contribution in [1.82, 2.24) is 10.6 Å². The topological polar surface area (TPSA) is 50.4 Å². The van der Waals surface area contributed by atoms with Crippen molar-refractivity contribution in [2.45, 2.75) is 32.1 Å². The van der Waals surface area contributed by atoms with Gasteiger partial charge in [-0.3, -0.25) is 4.79 Å². The fraction of sp³-hybridized carbons (Fsp3) is 0.588. The molecule has 0 saturated carbocycles. The van der Waals surface area contributed by atoms with Crippen molar-refractivity contribution in [2.24, 2.45) is 5.92 Å². The quantitative estimate of drug-likeness (QED) is 0.699. The van der Waals surface area contributed by atoms with Crippen LogP contribution in [0.4, 0.5) is 8.78 Å². The summed E-state index contributed by atoms with van der Waals surface area (Å²) in [5, 5.41) is 6.26. The molecule has 1 aliphatic heterocycles. The average molecular weight is 363 g/mol. The Bertz CT molecular complexity index is 511. The van der Waals surface area contributed by atoms with Crippen molar-refractivity contribution in [3.8, 4) is 5.75 Å². The van der Waals surface area contributed by atoms with Gasteiger partial charge in [-0.05, 0) is 56.8 Å². The van der Waals surface area contributed by atoms with Crippen LogP contribution in [-0.2, 0) is 4.79 Å². The van der Waals surface area contributed by atoms with Crippen LogP contribution >= 0.6 is 12.4 Å². The first kappa shape index (κ1) is 20.6. The summed E-state index contributed by atoms with van der Waals surface area (Å²) in [6, 6.07) is 3.18. The van der Waals surface area contributed by atoms with E-state index in [0.29, 0.717) is 25.3 Å². The number of hydrogen-bond donors (Lipinski definition) is 2. The molecule has 1 fully saturated rings. The van der Waals surface area contributed by atoms with Crippen LogP contribution in [0.5, 0.6) is 5.75 Å². The van der Waals surface area contributed by atoms with Crippen LogP contribution in [0.3, 0.4) is 0 Å². The summed E-state index contributed by atoms with van der Waals surface area (Å²) >= 11 is 0. The molecule has 0 radical (unpaired) electrons. The van der Waals surface area contributed by atoms with Crippen LogP contribution in [0.2, 0.25) is 0 Å². The molecule has 1 heterocycles. The SMILES string of the molecule is Cl.O=C(CCCOc1ccc(F)cc1F)NCCC1CCCNC1. The van der Waals surface area contributed by atoms with Gasteiger partial charge in [-0.2, -0.15) is 0 Å². The first-order chi connectivity index (χ1) is 11.1. The Kier molecular flexibility index (Phi) is 9.64. The molecule has 24 heavy (non-hydrogen) atoms. The number of benzene rings is 1. The highest BCUT2D eigenvalue weighted by Gasteiger charge is 2.12. The number of halogens is 3. The molecule has 1 aliphatic rings. The van der Waals surface area contributed by atoms with Crippen molar-refractivity contribution in [1.29, 1.82) is 0 Å². The Labute approximate surface area is 147 Å². The zero-order valence-electron chi connectivity index (χ0n) is 13.7. The van der Waals surface area contributed by atoms with Crippen LogP contribution < -0.4 is 15.4 Å². The summed E-state index contributed by atoms with van der Waals surface area (Å²) in [4.78, 5) is 11.7. The lowest BCUT2D eigenvalue weighted by Gasteiger charge is -2.22. The van der Waals surface area contributed by atoms with E-state index in [4.69, 9.17) is 4.74 Å². The van der Waals surface area contributed by atoms with Gasteiger partial charge < -0.3 is 15.4 Å². The maximum absolute atomic E-state index is 13.3. The molecule has 1 saturated heterocycles. The summed E-state index contributed by atoms with van der Waals surface area (Å²) in [5.74, 6) is -0.722. The smallest absolute Gasteiger partial charge is 0.220 e.